The molecule has 1 atom stereocenters. The lowest BCUT2D eigenvalue weighted by molar-refractivity contribution is -0.130. The highest BCUT2D eigenvalue weighted by molar-refractivity contribution is 6.31. The smallest absolute Gasteiger partial charge is 0.222 e. The standard InChI is InChI=1S/C25H29ClN4O2/c1-17-3-5-18(6-4-17)16-25(12-9-23(31)29-25)13-10-24(32)30(2)14-11-22-27-20-8-7-19(26)15-21(20)28-22/h3-8,15H,9-14,16H2,1-2H3,(H,27,28)(H,29,31). The van der Waals surface area contributed by atoms with E-state index in [1.165, 1.54) is 11.1 Å². The summed E-state index contributed by atoms with van der Waals surface area (Å²) in [6, 6.07) is 13.9. The van der Waals surface area contributed by atoms with Gasteiger partial charge in [-0.15, -0.1) is 0 Å². The first-order chi connectivity index (χ1) is 15.3. The third-order valence-electron chi connectivity index (χ3n) is 6.32. The summed E-state index contributed by atoms with van der Waals surface area (Å²) < 4.78 is 0. The van der Waals surface area contributed by atoms with E-state index in [0.29, 0.717) is 37.3 Å². The summed E-state index contributed by atoms with van der Waals surface area (Å²) in [4.78, 5) is 34.4. The third-order valence-corrected chi connectivity index (χ3v) is 6.55. The van der Waals surface area contributed by atoms with Gasteiger partial charge in [0.1, 0.15) is 5.82 Å². The SMILES string of the molecule is Cc1ccc(CC2(CCC(=O)N(C)CCc3nc4ccc(Cl)cc4[nH]3)CCC(=O)N2)cc1. The van der Waals surface area contributed by atoms with Crippen molar-refractivity contribution in [1.29, 1.82) is 0 Å². The molecule has 6 nitrogen and oxygen atoms in total. The highest BCUT2D eigenvalue weighted by atomic mass is 35.5. The van der Waals surface area contributed by atoms with E-state index in [9.17, 15) is 9.59 Å². The van der Waals surface area contributed by atoms with Gasteiger partial charge in [0, 0.05) is 43.4 Å². The topological polar surface area (TPSA) is 78.1 Å². The molecule has 1 saturated heterocycles. The van der Waals surface area contributed by atoms with Crippen molar-refractivity contribution in [3.05, 3.63) is 64.4 Å². The highest BCUT2D eigenvalue weighted by Gasteiger charge is 2.38. The van der Waals surface area contributed by atoms with E-state index in [0.717, 1.165) is 29.7 Å². The summed E-state index contributed by atoms with van der Waals surface area (Å²) in [5.41, 5.74) is 3.82. The van der Waals surface area contributed by atoms with Crippen LogP contribution in [0.15, 0.2) is 42.5 Å². The minimum absolute atomic E-state index is 0.0721. The van der Waals surface area contributed by atoms with Crippen molar-refractivity contribution in [1.82, 2.24) is 20.2 Å². The molecule has 2 N–H and O–H groups in total. The van der Waals surface area contributed by atoms with Crippen LogP contribution in [0.25, 0.3) is 11.0 Å². The number of nitrogens with one attached hydrogen (secondary N) is 2. The molecule has 2 heterocycles. The number of halogens is 1. The number of hydrogen-bond donors (Lipinski definition) is 2. The molecule has 3 aromatic rings. The molecule has 1 fully saturated rings. The number of aryl methyl sites for hydroxylation is 1. The van der Waals surface area contributed by atoms with Crippen LogP contribution in [0.3, 0.4) is 0 Å². The molecule has 4 rings (SSSR count). The Balaban J connectivity index is 1.33. The molecule has 168 valence electrons. The summed E-state index contributed by atoms with van der Waals surface area (Å²) in [5.74, 6) is 0.984. The zero-order valence-corrected chi connectivity index (χ0v) is 19.3. The lowest BCUT2D eigenvalue weighted by atomic mass is 9.84. The Hall–Kier alpha value is -2.86. The monoisotopic (exact) mass is 452 g/mol. The van der Waals surface area contributed by atoms with Crippen LogP contribution in [-0.2, 0) is 22.4 Å². The maximum atomic E-state index is 12.8. The number of nitrogens with zero attached hydrogens (tertiary/aromatic N) is 2. The van der Waals surface area contributed by atoms with Gasteiger partial charge in [-0.3, -0.25) is 9.59 Å². The number of H-pyrrole nitrogens is 1. The number of rotatable bonds is 8. The maximum Gasteiger partial charge on any atom is 0.222 e. The van der Waals surface area contributed by atoms with Gasteiger partial charge in [-0.05, 0) is 49.9 Å². The summed E-state index contributed by atoms with van der Waals surface area (Å²) in [7, 11) is 1.82. The molecule has 7 heteroatoms. The molecule has 2 amide bonds. The van der Waals surface area contributed by atoms with Gasteiger partial charge in [-0.2, -0.15) is 0 Å². The van der Waals surface area contributed by atoms with Gasteiger partial charge in [0.05, 0.1) is 11.0 Å². The Morgan fingerprint density at radius 1 is 1.22 bits per heavy atom. The number of imidazole rings is 1. The Labute approximate surface area is 193 Å². The van der Waals surface area contributed by atoms with Crippen molar-refractivity contribution >= 4 is 34.4 Å². The van der Waals surface area contributed by atoms with Crippen LogP contribution in [0, 0.1) is 6.92 Å². The van der Waals surface area contributed by atoms with E-state index in [1.807, 2.05) is 25.2 Å². The lowest BCUT2D eigenvalue weighted by Gasteiger charge is -2.30. The average Bonchev–Trinajstić information content (AvgIpc) is 3.34. The quantitative estimate of drug-likeness (QED) is 0.537. The van der Waals surface area contributed by atoms with Crippen LogP contribution in [0.1, 0.15) is 42.6 Å². The lowest BCUT2D eigenvalue weighted by Crippen LogP contribution is -2.44. The number of carbonyl (C=O) groups is 2. The van der Waals surface area contributed by atoms with E-state index in [-0.39, 0.29) is 17.4 Å². The molecular formula is C25H29ClN4O2. The first-order valence-corrected chi connectivity index (χ1v) is 11.4. The number of hydrogen-bond acceptors (Lipinski definition) is 3. The molecule has 1 aromatic heterocycles. The van der Waals surface area contributed by atoms with E-state index >= 15 is 0 Å². The van der Waals surface area contributed by atoms with E-state index in [4.69, 9.17) is 11.6 Å². The van der Waals surface area contributed by atoms with Crippen molar-refractivity contribution in [2.75, 3.05) is 13.6 Å². The van der Waals surface area contributed by atoms with Crippen molar-refractivity contribution in [2.45, 2.75) is 51.0 Å². The van der Waals surface area contributed by atoms with E-state index in [2.05, 4.69) is 46.5 Å². The molecule has 0 bridgehead atoms. The molecule has 32 heavy (non-hydrogen) atoms. The second-order valence-electron chi connectivity index (χ2n) is 8.90. The summed E-state index contributed by atoms with van der Waals surface area (Å²) in [6.45, 7) is 2.63. The van der Waals surface area contributed by atoms with Gasteiger partial charge in [-0.1, -0.05) is 41.4 Å². The molecule has 2 aromatic carbocycles. The Bertz CT molecular complexity index is 1120. The summed E-state index contributed by atoms with van der Waals surface area (Å²) in [6.07, 6.45) is 3.71. The average molecular weight is 453 g/mol. The van der Waals surface area contributed by atoms with Gasteiger partial charge in [-0.25, -0.2) is 4.98 Å². The Kier molecular flexibility index (Phi) is 6.51. The van der Waals surface area contributed by atoms with E-state index in [1.54, 1.807) is 4.90 Å². The summed E-state index contributed by atoms with van der Waals surface area (Å²) >= 11 is 6.04. The molecule has 1 unspecified atom stereocenters. The zero-order valence-electron chi connectivity index (χ0n) is 18.6. The van der Waals surface area contributed by atoms with Crippen molar-refractivity contribution in [2.24, 2.45) is 0 Å². The molecule has 1 aliphatic rings. The fourth-order valence-corrected chi connectivity index (χ4v) is 4.54. The molecule has 0 spiro atoms. The van der Waals surface area contributed by atoms with Crippen LogP contribution in [0.5, 0.6) is 0 Å². The number of amides is 2. The highest BCUT2D eigenvalue weighted by Crippen LogP contribution is 2.30. The number of carbonyl (C=O) groups excluding carboxylic acids is 2. The number of likely N-dealkylation sites (N-methyl/N-ethyl adjacent to an activating group) is 1. The van der Waals surface area contributed by atoms with Crippen LogP contribution >= 0.6 is 11.6 Å². The fraction of sp³-hybridized carbons (Fsp3) is 0.400. The Morgan fingerprint density at radius 2 is 2.00 bits per heavy atom. The minimum Gasteiger partial charge on any atom is -0.350 e. The molecule has 0 saturated carbocycles. The van der Waals surface area contributed by atoms with Crippen LogP contribution < -0.4 is 5.32 Å². The number of aromatic amines is 1. The van der Waals surface area contributed by atoms with Gasteiger partial charge in [0.2, 0.25) is 11.8 Å². The van der Waals surface area contributed by atoms with E-state index < -0.39 is 0 Å². The normalized spacial score (nSPS) is 18.2. The van der Waals surface area contributed by atoms with Crippen LogP contribution in [-0.4, -0.2) is 45.8 Å². The van der Waals surface area contributed by atoms with Crippen molar-refractivity contribution in [3.63, 3.8) is 0 Å². The van der Waals surface area contributed by atoms with Crippen LogP contribution in [0.4, 0.5) is 0 Å². The van der Waals surface area contributed by atoms with Gasteiger partial charge in [0.25, 0.3) is 0 Å². The second-order valence-corrected chi connectivity index (χ2v) is 9.34. The number of benzene rings is 2. The van der Waals surface area contributed by atoms with Crippen molar-refractivity contribution < 1.29 is 9.59 Å². The van der Waals surface area contributed by atoms with Crippen molar-refractivity contribution in [3.8, 4) is 0 Å². The number of fused-ring (bicyclic) bond motifs is 1. The largest absolute Gasteiger partial charge is 0.350 e. The summed E-state index contributed by atoms with van der Waals surface area (Å²) in [5, 5.41) is 3.83. The first-order valence-electron chi connectivity index (χ1n) is 11.1. The fourth-order valence-electron chi connectivity index (χ4n) is 4.37. The van der Waals surface area contributed by atoms with Gasteiger partial charge >= 0.3 is 0 Å². The zero-order chi connectivity index (χ0) is 22.7. The molecule has 0 aliphatic carbocycles. The molecular weight excluding hydrogens is 424 g/mol. The maximum absolute atomic E-state index is 12.8. The van der Waals surface area contributed by atoms with Gasteiger partial charge < -0.3 is 15.2 Å². The second kappa shape index (κ2) is 9.33. The predicted molar refractivity (Wildman–Crippen MR) is 127 cm³/mol. The first kappa shape index (κ1) is 22.3. The third kappa shape index (κ3) is 5.30. The number of aromatic nitrogens is 2. The Morgan fingerprint density at radius 3 is 2.72 bits per heavy atom. The molecule has 0 radical (unpaired) electrons. The van der Waals surface area contributed by atoms with Gasteiger partial charge in [0.15, 0.2) is 0 Å². The molecule has 1 aliphatic heterocycles. The minimum atomic E-state index is -0.346. The predicted octanol–water partition coefficient (Wildman–Crippen LogP) is 4.20. The van der Waals surface area contributed by atoms with Crippen LogP contribution in [0.2, 0.25) is 5.02 Å².